The molecule has 1 aromatic carbocycles. The van der Waals surface area contributed by atoms with Crippen molar-refractivity contribution in [1.29, 1.82) is 0 Å². The van der Waals surface area contributed by atoms with E-state index >= 15 is 0 Å². The SMILES string of the molecule is CCOC(=O)c1c(NC(=O)C2CCN(S(=O)(=O)c3ccccc3SC)CC2)sc(C)c1C. The second-order valence-corrected chi connectivity index (χ2v) is 11.5. The lowest BCUT2D eigenvalue weighted by molar-refractivity contribution is -0.120. The van der Waals surface area contributed by atoms with Gasteiger partial charge in [-0.2, -0.15) is 4.31 Å². The van der Waals surface area contributed by atoms with Gasteiger partial charge in [0, 0.05) is 28.8 Å². The van der Waals surface area contributed by atoms with Gasteiger partial charge in [-0.15, -0.1) is 23.1 Å². The number of sulfonamides is 1. The van der Waals surface area contributed by atoms with Crippen molar-refractivity contribution >= 4 is 50.0 Å². The summed E-state index contributed by atoms with van der Waals surface area (Å²) in [5.74, 6) is -0.966. The Hall–Kier alpha value is -1.88. The summed E-state index contributed by atoms with van der Waals surface area (Å²) in [5, 5.41) is 3.39. The fraction of sp³-hybridized carbons (Fsp3) is 0.455. The normalized spacial score (nSPS) is 15.5. The molecular formula is C22H28N2O5S3. The predicted molar refractivity (Wildman–Crippen MR) is 128 cm³/mol. The van der Waals surface area contributed by atoms with E-state index in [0.29, 0.717) is 33.2 Å². The van der Waals surface area contributed by atoms with Crippen LogP contribution in [0.2, 0.25) is 0 Å². The molecule has 1 fully saturated rings. The summed E-state index contributed by atoms with van der Waals surface area (Å²) in [4.78, 5) is 27.2. The average Bonchev–Trinajstić information content (AvgIpc) is 3.06. The number of ether oxygens (including phenoxy) is 1. The highest BCUT2D eigenvalue weighted by Gasteiger charge is 2.34. The number of esters is 1. The van der Waals surface area contributed by atoms with Gasteiger partial charge in [0.25, 0.3) is 0 Å². The maximum absolute atomic E-state index is 13.1. The summed E-state index contributed by atoms with van der Waals surface area (Å²) in [7, 11) is -3.62. The van der Waals surface area contributed by atoms with Gasteiger partial charge in [0.2, 0.25) is 15.9 Å². The van der Waals surface area contributed by atoms with E-state index in [1.54, 1.807) is 25.1 Å². The Morgan fingerprint density at radius 1 is 1.22 bits per heavy atom. The van der Waals surface area contributed by atoms with Gasteiger partial charge in [-0.25, -0.2) is 13.2 Å². The quantitative estimate of drug-likeness (QED) is 0.454. The molecular weight excluding hydrogens is 468 g/mol. The van der Waals surface area contributed by atoms with Gasteiger partial charge in [0.15, 0.2) is 0 Å². The molecule has 2 heterocycles. The molecule has 32 heavy (non-hydrogen) atoms. The standard InChI is InChI=1S/C22H28N2O5S3/c1-5-29-22(26)19-14(2)15(3)31-21(19)23-20(25)16-10-12-24(13-11-16)32(27,28)18-9-7-6-8-17(18)30-4/h6-9,16H,5,10-13H2,1-4H3,(H,23,25). The van der Waals surface area contributed by atoms with Crippen molar-refractivity contribution in [2.24, 2.45) is 5.92 Å². The van der Waals surface area contributed by atoms with Crippen LogP contribution < -0.4 is 5.32 Å². The summed E-state index contributed by atoms with van der Waals surface area (Å²) in [6.07, 6.45) is 2.69. The van der Waals surface area contributed by atoms with Crippen molar-refractivity contribution in [3.8, 4) is 0 Å². The number of thiophene rings is 1. The molecule has 1 aromatic heterocycles. The number of hydrogen-bond acceptors (Lipinski definition) is 7. The molecule has 1 aliphatic rings. The fourth-order valence-electron chi connectivity index (χ4n) is 3.71. The number of amides is 1. The van der Waals surface area contributed by atoms with Crippen molar-refractivity contribution in [1.82, 2.24) is 4.31 Å². The fourth-order valence-corrected chi connectivity index (χ4v) is 7.35. The lowest BCUT2D eigenvalue weighted by atomic mass is 9.97. The van der Waals surface area contributed by atoms with Crippen molar-refractivity contribution in [3.05, 3.63) is 40.3 Å². The molecule has 0 atom stereocenters. The first kappa shape index (κ1) is 24.8. The molecule has 7 nitrogen and oxygen atoms in total. The molecule has 0 unspecified atom stereocenters. The first-order chi connectivity index (χ1) is 15.2. The lowest BCUT2D eigenvalue weighted by Crippen LogP contribution is -2.41. The number of piperidine rings is 1. The predicted octanol–water partition coefficient (Wildman–Crippen LogP) is 4.30. The van der Waals surface area contributed by atoms with E-state index in [2.05, 4.69) is 5.32 Å². The van der Waals surface area contributed by atoms with E-state index in [-0.39, 0.29) is 31.5 Å². The lowest BCUT2D eigenvalue weighted by Gasteiger charge is -2.31. The number of anilines is 1. The number of aryl methyl sites for hydroxylation is 1. The van der Waals surface area contributed by atoms with Crippen LogP contribution >= 0.6 is 23.1 Å². The molecule has 174 valence electrons. The summed E-state index contributed by atoms with van der Waals surface area (Å²) in [6, 6.07) is 6.96. The Morgan fingerprint density at radius 3 is 2.50 bits per heavy atom. The van der Waals surface area contributed by atoms with Gasteiger partial charge >= 0.3 is 5.97 Å². The van der Waals surface area contributed by atoms with Gasteiger partial charge in [0.05, 0.1) is 17.1 Å². The third kappa shape index (κ3) is 5.03. The van der Waals surface area contributed by atoms with Crippen LogP contribution in [-0.2, 0) is 19.6 Å². The van der Waals surface area contributed by atoms with Crippen LogP contribution in [0.25, 0.3) is 0 Å². The smallest absolute Gasteiger partial charge is 0.341 e. The number of benzene rings is 1. The zero-order valence-electron chi connectivity index (χ0n) is 18.6. The van der Waals surface area contributed by atoms with E-state index < -0.39 is 16.0 Å². The van der Waals surface area contributed by atoms with Crippen LogP contribution in [-0.4, -0.2) is 50.6 Å². The van der Waals surface area contributed by atoms with E-state index in [4.69, 9.17) is 4.74 Å². The molecule has 0 saturated carbocycles. The van der Waals surface area contributed by atoms with Crippen molar-refractivity contribution in [2.75, 3.05) is 31.3 Å². The van der Waals surface area contributed by atoms with Crippen LogP contribution in [0.15, 0.2) is 34.1 Å². The van der Waals surface area contributed by atoms with Crippen molar-refractivity contribution < 1.29 is 22.7 Å². The van der Waals surface area contributed by atoms with E-state index in [1.165, 1.54) is 27.4 Å². The third-order valence-corrected chi connectivity index (χ3v) is 9.62. The maximum Gasteiger partial charge on any atom is 0.341 e. The van der Waals surface area contributed by atoms with Gasteiger partial charge < -0.3 is 10.1 Å². The monoisotopic (exact) mass is 496 g/mol. The first-order valence-corrected chi connectivity index (χ1v) is 13.9. The Balaban J connectivity index is 1.69. The zero-order valence-corrected chi connectivity index (χ0v) is 21.1. The largest absolute Gasteiger partial charge is 0.462 e. The minimum atomic E-state index is -3.62. The summed E-state index contributed by atoms with van der Waals surface area (Å²) >= 11 is 2.75. The Bertz CT molecular complexity index is 1100. The Morgan fingerprint density at radius 2 is 1.88 bits per heavy atom. The molecule has 10 heteroatoms. The Kier molecular flexibility index (Phi) is 8.02. The van der Waals surface area contributed by atoms with E-state index in [0.717, 1.165) is 10.4 Å². The first-order valence-electron chi connectivity index (χ1n) is 10.4. The van der Waals surface area contributed by atoms with Gasteiger partial charge in [-0.3, -0.25) is 4.79 Å². The molecule has 2 aromatic rings. The number of carbonyl (C=O) groups excluding carboxylic acids is 2. The van der Waals surface area contributed by atoms with Gasteiger partial charge in [-0.05, 0) is 57.6 Å². The number of thioether (sulfide) groups is 1. The van der Waals surface area contributed by atoms with Crippen LogP contribution in [0.3, 0.4) is 0 Å². The third-order valence-electron chi connectivity index (χ3n) is 5.61. The molecule has 0 radical (unpaired) electrons. The molecule has 1 N–H and O–H groups in total. The van der Waals surface area contributed by atoms with Crippen LogP contribution in [0.5, 0.6) is 0 Å². The molecule has 3 rings (SSSR count). The zero-order chi connectivity index (χ0) is 23.5. The maximum atomic E-state index is 13.1. The molecule has 1 aliphatic heterocycles. The van der Waals surface area contributed by atoms with Gasteiger partial charge in [-0.1, -0.05) is 12.1 Å². The Labute approximate surface area is 197 Å². The summed E-state index contributed by atoms with van der Waals surface area (Å²) < 4.78 is 32.8. The average molecular weight is 497 g/mol. The number of rotatable bonds is 7. The highest BCUT2D eigenvalue weighted by molar-refractivity contribution is 7.99. The second kappa shape index (κ2) is 10.4. The topological polar surface area (TPSA) is 92.8 Å². The molecule has 0 bridgehead atoms. The highest BCUT2D eigenvalue weighted by Crippen LogP contribution is 2.35. The van der Waals surface area contributed by atoms with Crippen molar-refractivity contribution in [2.45, 2.75) is 43.4 Å². The molecule has 0 spiro atoms. The molecule has 0 aliphatic carbocycles. The van der Waals surface area contributed by atoms with Crippen LogP contribution in [0, 0.1) is 19.8 Å². The number of nitrogens with one attached hydrogen (secondary N) is 1. The minimum absolute atomic E-state index is 0.196. The molecule has 1 amide bonds. The second-order valence-electron chi connectivity index (χ2n) is 7.53. The number of nitrogens with zero attached hydrogens (tertiary/aromatic N) is 1. The minimum Gasteiger partial charge on any atom is -0.462 e. The van der Waals surface area contributed by atoms with Crippen LogP contribution in [0.4, 0.5) is 5.00 Å². The number of carbonyl (C=O) groups is 2. The van der Waals surface area contributed by atoms with E-state index in [1.807, 2.05) is 26.2 Å². The number of hydrogen-bond donors (Lipinski definition) is 1. The highest BCUT2D eigenvalue weighted by atomic mass is 32.2. The van der Waals surface area contributed by atoms with Gasteiger partial charge in [0.1, 0.15) is 5.00 Å². The van der Waals surface area contributed by atoms with Crippen LogP contribution in [0.1, 0.15) is 40.6 Å². The van der Waals surface area contributed by atoms with Crippen molar-refractivity contribution in [3.63, 3.8) is 0 Å². The molecule has 1 saturated heterocycles. The summed E-state index contributed by atoms with van der Waals surface area (Å²) in [6.45, 7) is 6.28. The van der Waals surface area contributed by atoms with E-state index in [9.17, 15) is 18.0 Å². The summed E-state index contributed by atoms with van der Waals surface area (Å²) in [5.41, 5.74) is 1.20.